The molecule has 4 aromatic carbocycles. The summed E-state index contributed by atoms with van der Waals surface area (Å²) in [5.41, 5.74) is 14.9. The summed E-state index contributed by atoms with van der Waals surface area (Å²) < 4.78 is 2.10. The van der Waals surface area contributed by atoms with E-state index in [0.717, 1.165) is 19.3 Å². The van der Waals surface area contributed by atoms with Crippen molar-refractivity contribution >= 4 is 8.78 Å². The van der Waals surface area contributed by atoms with Crippen molar-refractivity contribution in [1.29, 1.82) is 0 Å². The Morgan fingerprint density at radius 1 is 0.763 bits per heavy atom. The van der Waals surface area contributed by atoms with Crippen LogP contribution in [0.15, 0.2) is 109 Å². The van der Waals surface area contributed by atoms with Crippen molar-refractivity contribution in [3.05, 3.63) is 148 Å². The summed E-state index contributed by atoms with van der Waals surface area (Å²) in [5, 5.41) is 0. The molecule has 1 unspecified atom stereocenters. The Bertz CT molecular complexity index is 1470. The first-order valence-electron chi connectivity index (χ1n) is 13.2. The second-order valence-corrected chi connectivity index (χ2v) is 13.1. The van der Waals surface area contributed by atoms with Gasteiger partial charge in [-0.3, -0.25) is 0 Å². The summed E-state index contributed by atoms with van der Waals surface area (Å²) in [5.74, 6) is 0. The number of aryl methyl sites for hydroxylation is 2. The second-order valence-electron chi connectivity index (χ2n) is 9.70. The fourth-order valence-electron chi connectivity index (χ4n) is 5.81. The van der Waals surface area contributed by atoms with Gasteiger partial charge in [-0.25, -0.2) is 0 Å². The zero-order chi connectivity index (χ0) is 24.5. The van der Waals surface area contributed by atoms with Gasteiger partial charge >= 0.3 is 228 Å². The maximum atomic E-state index is 2.53. The van der Waals surface area contributed by atoms with E-state index >= 15 is 0 Å². The van der Waals surface area contributed by atoms with Crippen LogP contribution in [0.3, 0.4) is 0 Å². The predicted molar refractivity (Wildman–Crippen MR) is 150 cm³/mol. The molecule has 0 amide bonds. The molecule has 0 saturated carbocycles. The summed E-state index contributed by atoms with van der Waals surface area (Å²) in [7, 11) is 0. The van der Waals surface area contributed by atoms with Gasteiger partial charge in [0.1, 0.15) is 0 Å². The minimum Gasteiger partial charge on any atom is -1.00 e. The molecule has 38 heavy (non-hydrogen) atoms. The molecular formula is C35H31Cl2Zr. The van der Waals surface area contributed by atoms with Crippen LogP contribution in [0.25, 0.3) is 16.7 Å². The molecule has 0 N–H and O–H groups in total. The van der Waals surface area contributed by atoms with E-state index in [1.165, 1.54) is 39.0 Å². The zero-order valence-electron chi connectivity index (χ0n) is 21.8. The van der Waals surface area contributed by atoms with E-state index in [1.54, 1.807) is 19.9 Å². The number of hydrogen-bond donors (Lipinski definition) is 0. The third-order valence-electron chi connectivity index (χ3n) is 7.63. The first-order chi connectivity index (χ1) is 17.8. The van der Waals surface area contributed by atoms with Gasteiger partial charge in [-0.2, -0.15) is 0 Å². The van der Waals surface area contributed by atoms with Crippen LogP contribution in [-0.2, 0) is 35.6 Å². The molecule has 0 heterocycles. The standard InChI is InChI=1S/C22H21.C13H10.2ClH.Zr/c1-3-15-9-11-19-18(13-15)14-21-20(19)12-10-16(4-2)22(21)17-7-5-6-8-17;1-3-7-12(8-4-1)11-13-9-5-2-6-10-13;;;/h5-7,9-14H,3-4,8H2,1-2H3;1-10H;2*1H;/q;;;;+2/p-2. The maximum absolute atomic E-state index is 2.53. The van der Waals surface area contributed by atoms with Crippen LogP contribution in [-0.4, -0.2) is 3.21 Å². The average molecular weight is 614 g/mol. The summed E-state index contributed by atoms with van der Waals surface area (Å²) in [6, 6.07) is 34.4. The molecule has 0 saturated heterocycles. The Hall–Kier alpha value is -2.31. The Morgan fingerprint density at radius 3 is 2.00 bits per heavy atom. The number of allylic oxidation sites excluding steroid dienone is 4. The topological polar surface area (TPSA) is 0 Å². The molecule has 0 nitrogen and oxygen atoms in total. The van der Waals surface area contributed by atoms with Gasteiger partial charge < -0.3 is 24.8 Å². The van der Waals surface area contributed by atoms with Crippen LogP contribution < -0.4 is 24.8 Å². The van der Waals surface area contributed by atoms with E-state index in [1.807, 2.05) is 0 Å². The van der Waals surface area contributed by atoms with Crippen molar-refractivity contribution in [2.45, 2.75) is 36.7 Å². The Kier molecular flexibility index (Phi) is 9.59. The molecule has 0 aliphatic heterocycles. The monoisotopic (exact) mass is 611 g/mol. The van der Waals surface area contributed by atoms with E-state index in [2.05, 4.69) is 123 Å². The number of benzene rings is 4. The first-order valence-corrected chi connectivity index (χ1v) is 15.8. The molecule has 189 valence electrons. The Labute approximate surface area is 250 Å². The number of rotatable bonds is 6. The molecule has 3 heteroatoms. The van der Waals surface area contributed by atoms with Crippen molar-refractivity contribution in [1.82, 2.24) is 0 Å². The minimum absolute atomic E-state index is 0. The summed E-state index contributed by atoms with van der Waals surface area (Å²) in [6.07, 6.45) is 10.1. The first kappa shape index (κ1) is 28.7. The van der Waals surface area contributed by atoms with E-state index in [-0.39, 0.29) is 24.8 Å². The van der Waals surface area contributed by atoms with Gasteiger partial charge in [0.15, 0.2) is 0 Å². The predicted octanol–water partition coefficient (Wildman–Crippen LogP) is 2.58. The minimum atomic E-state index is -1.13. The quantitative estimate of drug-likeness (QED) is 0.314. The molecule has 2 aliphatic rings. The van der Waals surface area contributed by atoms with E-state index < -0.39 is 22.8 Å². The van der Waals surface area contributed by atoms with Crippen molar-refractivity contribution < 1.29 is 47.6 Å². The summed E-state index contributed by atoms with van der Waals surface area (Å²) in [4.78, 5) is 0. The van der Waals surface area contributed by atoms with Gasteiger partial charge in [0.2, 0.25) is 0 Å². The van der Waals surface area contributed by atoms with Crippen molar-refractivity contribution in [2.24, 2.45) is 0 Å². The molecule has 0 spiro atoms. The van der Waals surface area contributed by atoms with Crippen LogP contribution in [0.5, 0.6) is 0 Å². The third kappa shape index (κ3) is 5.27. The van der Waals surface area contributed by atoms with Crippen molar-refractivity contribution in [2.75, 3.05) is 0 Å². The number of fused-ring (bicyclic) bond motifs is 3. The molecule has 0 aromatic heterocycles. The smallest absolute Gasteiger partial charge is 1.00 e. The average Bonchev–Trinajstić information content (AvgIpc) is 3.58. The molecule has 4 aromatic rings. The third-order valence-corrected chi connectivity index (χ3v) is 11.9. The zero-order valence-corrected chi connectivity index (χ0v) is 25.8. The molecule has 2 aliphatic carbocycles. The van der Waals surface area contributed by atoms with E-state index in [0.29, 0.717) is 3.63 Å². The fraction of sp³-hybridized carbons (Fsp3) is 0.171. The molecule has 6 rings (SSSR count). The molecular weight excluding hydrogens is 583 g/mol. The van der Waals surface area contributed by atoms with Crippen molar-refractivity contribution in [3.8, 4) is 11.1 Å². The number of hydrogen-bond acceptors (Lipinski definition) is 0. The van der Waals surface area contributed by atoms with Crippen LogP contribution in [0.4, 0.5) is 0 Å². The van der Waals surface area contributed by atoms with Crippen LogP contribution >= 0.6 is 0 Å². The van der Waals surface area contributed by atoms with Crippen molar-refractivity contribution in [3.63, 3.8) is 0 Å². The van der Waals surface area contributed by atoms with Gasteiger partial charge in [-0.1, -0.05) is 0 Å². The van der Waals surface area contributed by atoms with Gasteiger partial charge in [-0.05, 0) is 0 Å². The number of halogens is 2. The van der Waals surface area contributed by atoms with Gasteiger partial charge in [0.05, 0.1) is 0 Å². The largest absolute Gasteiger partial charge is 1.00 e. The molecule has 0 fully saturated rings. The molecule has 1 atom stereocenters. The van der Waals surface area contributed by atoms with E-state index in [9.17, 15) is 0 Å². The van der Waals surface area contributed by atoms with Crippen LogP contribution in [0.1, 0.15) is 62.8 Å². The molecule has 0 radical (unpaired) electrons. The van der Waals surface area contributed by atoms with Gasteiger partial charge in [0.25, 0.3) is 0 Å². The van der Waals surface area contributed by atoms with Gasteiger partial charge in [-0.15, -0.1) is 0 Å². The van der Waals surface area contributed by atoms with Gasteiger partial charge in [0, 0.05) is 0 Å². The summed E-state index contributed by atoms with van der Waals surface area (Å²) in [6.45, 7) is 4.59. The fourth-order valence-corrected chi connectivity index (χ4v) is 10.2. The van der Waals surface area contributed by atoms with Crippen LogP contribution in [0, 0.1) is 0 Å². The Morgan fingerprint density at radius 2 is 1.42 bits per heavy atom. The molecule has 0 bridgehead atoms. The maximum Gasteiger partial charge on any atom is -1.00 e. The SMILES string of the molecule is CCc1ccc2c(c1)[CH]([Zr+2]=[C](c1ccccc1)c1ccccc1)c1c-2ccc(CC)c1C1=CC=CC1.[Cl-].[Cl-]. The normalized spacial score (nSPS) is 14.5. The van der Waals surface area contributed by atoms with Crippen LogP contribution in [0.2, 0.25) is 0 Å². The van der Waals surface area contributed by atoms with E-state index in [4.69, 9.17) is 0 Å². The summed E-state index contributed by atoms with van der Waals surface area (Å²) >= 11 is -1.13. The second kappa shape index (κ2) is 12.7. The Balaban J connectivity index is 0.00000168.